The van der Waals surface area contributed by atoms with Gasteiger partial charge in [-0.15, -0.1) is 0 Å². The van der Waals surface area contributed by atoms with Crippen molar-refractivity contribution in [3.05, 3.63) is 34.9 Å². The predicted octanol–water partition coefficient (Wildman–Crippen LogP) is 3.61. The Labute approximate surface area is 107 Å². The molecule has 0 aliphatic rings. The quantitative estimate of drug-likeness (QED) is 0.480. The van der Waals surface area contributed by atoms with Crippen molar-refractivity contribution in [3.8, 4) is 0 Å². The molecule has 1 aromatic carbocycles. The third-order valence-electron chi connectivity index (χ3n) is 2.56. The van der Waals surface area contributed by atoms with Gasteiger partial charge in [0.15, 0.2) is 0 Å². The van der Waals surface area contributed by atoms with Crippen LogP contribution in [0.3, 0.4) is 0 Å². The number of aryl methyl sites for hydroxylation is 2. The van der Waals surface area contributed by atoms with Crippen LogP contribution in [0.1, 0.15) is 29.5 Å². The molecule has 0 heterocycles. The number of unbranched alkanes of at least 4 members (excludes halogenated alkanes) is 1. The Morgan fingerprint density at radius 2 is 2.00 bits per heavy atom. The van der Waals surface area contributed by atoms with E-state index in [0.29, 0.717) is 0 Å². The number of halogens is 1. The topological polar surface area (TPSA) is 12.0 Å². The maximum atomic E-state index is 3.50. The molecular weight excluding hydrogens is 297 g/mol. The van der Waals surface area contributed by atoms with E-state index in [9.17, 15) is 0 Å². The Morgan fingerprint density at radius 3 is 2.73 bits per heavy atom. The molecular formula is C13H20IN. The second-order valence-corrected chi connectivity index (χ2v) is 5.08. The molecule has 1 aromatic rings. The Kier molecular flexibility index (Phi) is 6.25. The minimum absolute atomic E-state index is 1.01. The van der Waals surface area contributed by atoms with Crippen LogP contribution in [-0.4, -0.2) is 11.0 Å². The summed E-state index contributed by atoms with van der Waals surface area (Å²) in [6.07, 6.45) is 2.61. The largest absolute Gasteiger partial charge is 0.313 e. The highest BCUT2D eigenvalue weighted by molar-refractivity contribution is 14.1. The first-order valence-electron chi connectivity index (χ1n) is 5.57. The summed E-state index contributed by atoms with van der Waals surface area (Å²) >= 11 is 2.43. The second-order valence-electron chi connectivity index (χ2n) is 4.00. The molecule has 1 N–H and O–H groups in total. The van der Waals surface area contributed by atoms with Crippen molar-refractivity contribution in [2.75, 3.05) is 11.0 Å². The number of hydrogen-bond acceptors (Lipinski definition) is 1. The number of benzene rings is 1. The Balaban J connectivity index is 2.33. The maximum absolute atomic E-state index is 3.50. The zero-order valence-corrected chi connectivity index (χ0v) is 11.8. The van der Waals surface area contributed by atoms with Crippen molar-refractivity contribution in [1.82, 2.24) is 5.32 Å². The first-order valence-corrected chi connectivity index (χ1v) is 7.09. The normalized spacial score (nSPS) is 10.6. The van der Waals surface area contributed by atoms with Crippen molar-refractivity contribution >= 4 is 22.6 Å². The summed E-state index contributed by atoms with van der Waals surface area (Å²) < 4.78 is 1.27. The molecule has 0 atom stereocenters. The lowest BCUT2D eigenvalue weighted by molar-refractivity contribution is 0.644. The second kappa shape index (κ2) is 7.23. The van der Waals surface area contributed by atoms with E-state index in [0.717, 1.165) is 13.1 Å². The van der Waals surface area contributed by atoms with Gasteiger partial charge < -0.3 is 5.32 Å². The summed E-state index contributed by atoms with van der Waals surface area (Å²) in [6.45, 7) is 6.48. The first kappa shape index (κ1) is 13.0. The fraction of sp³-hybridized carbons (Fsp3) is 0.538. The van der Waals surface area contributed by atoms with Gasteiger partial charge in [-0.3, -0.25) is 0 Å². The minimum atomic E-state index is 1.01. The predicted molar refractivity (Wildman–Crippen MR) is 75.7 cm³/mol. The highest BCUT2D eigenvalue weighted by atomic mass is 127. The molecule has 0 aliphatic heterocycles. The van der Waals surface area contributed by atoms with Gasteiger partial charge in [-0.1, -0.05) is 46.4 Å². The molecule has 15 heavy (non-hydrogen) atoms. The SMILES string of the molecule is Cc1ccc(C)c(CNCCCCI)c1. The van der Waals surface area contributed by atoms with E-state index in [2.05, 4.69) is 60.0 Å². The molecule has 1 rings (SSSR count). The van der Waals surface area contributed by atoms with Crippen LogP contribution in [-0.2, 0) is 6.54 Å². The van der Waals surface area contributed by atoms with E-state index in [-0.39, 0.29) is 0 Å². The summed E-state index contributed by atoms with van der Waals surface area (Å²) in [5, 5.41) is 3.50. The molecule has 0 spiro atoms. The lowest BCUT2D eigenvalue weighted by Gasteiger charge is -2.08. The molecule has 0 radical (unpaired) electrons. The highest BCUT2D eigenvalue weighted by Gasteiger charge is 1.97. The van der Waals surface area contributed by atoms with E-state index in [1.807, 2.05) is 0 Å². The van der Waals surface area contributed by atoms with Crippen LogP contribution < -0.4 is 5.32 Å². The Morgan fingerprint density at radius 1 is 1.20 bits per heavy atom. The fourth-order valence-electron chi connectivity index (χ4n) is 1.56. The molecule has 84 valence electrons. The maximum Gasteiger partial charge on any atom is 0.0208 e. The van der Waals surface area contributed by atoms with Gasteiger partial charge in [0.2, 0.25) is 0 Å². The molecule has 1 nitrogen and oxygen atoms in total. The van der Waals surface area contributed by atoms with Gasteiger partial charge in [-0.2, -0.15) is 0 Å². The third-order valence-corrected chi connectivity index (χ3v) is 3.32. The lowest BCUT2D eigenvalue weighted by atomic mass is 10.1. The minimum Gasteiger partial charge on any atom is -0.313 e. The average Bonchev–Trinajstić information content (AvgIpc) is 2.23. The summed E-state index contributed by atoms with van der Waals surface area (Å²) in [5.74, 6) is 0. The van der Waals surface area contributed by atoms with Crippen LogP contribution in [0.2, 0.25) is 0 Å². The van der Waals surface area contributed by atoms with Crippen molar-refractivity contribution in [2.45, 2.75) is 33.2 Å². The Bertz CT molecular complexity index is 297. The van der Waals surface area contributed by atoms with Gasteiger partial charge >= 0.3 is 0 Å². The standard InChI is InChI=1S/C13H20IN/c1-11-5-6-12(2)13(9-11)10-15-8-4-3-7-14/h5-6,9,15H,3-4,7-8,10H2,1-2H3. The monoisotopic (exact) mass is 317 g/mol. The van der Waals surface area contributed by atoms with Crippen LogP contribution in [0.25, 0.3) is 0 Å². The number of rotatable bonds is 6. The number of alkyl halides is 1. The molecule has 0 saturated carbocycles. The summed E-state index contributed by atoms with van der Waals surface area (Å²) in [6, 6.07) is 6.66. The van der Waals surface area contributed by atoms with Crippen LogP contribution in [0, 0.1) is 13.8 Å². The Hall–Kier alpha value is -0.0900. The lowest BCUT2D eigenvalue weighted by Crippen LogP contribution is -2.15. The zero-order chi connectivity index (χ0) is 11.1. The zero-order valence-electron chi connectivity index (χ0n) is 9.65. The third kappa shape index (κ3) is 4.98. The molecule has 0 aromatic heterocycles. The first-order chi connectivity index (χ1) is 7.24. The van der Waals surface area contributed by atoms with Crippen molar-refractivity contribution < 1.29 is 0 Å². The molecule has 0 aliphatic carbocycles. The number of nitrogens with one attached hydrogen (secondary N) is 1. The number of hydrogen-bond donors (Lipinski definition) is 1. The molecule has 0 fully saturated rings. The molecule has 0 unspecified atom stereocenters. The van der Waals surface area contributed by atoms with Crippen LogP contribution >= 0.6 is 22.6 Å². The van der Waals surface area contributed by atoms with Gasteiger partial charge in [0.1, 0.15) is 0 Å². The smallest absolute Gasteiger partial charge is 0.0208 e. The molecule has 0 amide bonds. The van der Waals surface area contributed by atoms with Crippen LogP contribution in [0.5, 0.6) is 0 Å². The van der Waals surface area contributed by atoms with Crippen LogP contribution in [0.15, 0.2) is 18.2 Å². The van der Waals surface area contributed by atoms with E-state index < -0.39 is 0 Å². The van der Waals surface area contributed by atoms with Gasteiger partial charge in [-0.05, 0) is 48.8 Å². The van der Waals surface area contributed by atoms with E-state index in [1.165, 1.54) is 34.0 Å². The van der Waals surface area contributed by atoms with E-state index in [1.54, 1.807) is 0 Å². The summed E-state index contributed by atoms with van der Waals surface area (Å²) in [5.41, 5.74) is 4.18. The van der Waals surface area contributed by atoms with Crippen LogP contribution in [0.4, 0.5) is 0 Å². The van der Waals surface area contributed by atoms with Crippen molar-refractivity contribution in [1.29, 1.82) is 0 Å². The molecule has 0 saturated heterocycles. The summed E-state index contributed by atoms with van der Waals surface area (Å²) in [4.78, 5) is 0. The molecule has 2 heteroatoms. The van der Waals surface area contributed by atoms with Crippen molar-refractivity contribution in [3.63, 3.8) is 0 Å². The average molecular weight is 317 g/mol. The summed E-state index contributed by atoms with van der Waals surface area (Å²) in [7, 11) is 0. The molecule has 0 bridgehead atoms. The fourth-order valence-corrected chi connectivity index (χ4v) is 2.10. The van der Waals surface area contributed by atoms with Gasteiger partial charge in [-0.25, -0.2) is 0 Å². The highest BCUT2D eigenvalue weighted by Crippen LogP contribution is 2.10. The van der Waals surface area contributed by atoms with Gasteiger partial charge in [0.05, 0.1) is 0 Å². The van der Waals surface area contributed by atoms with E-state index in [4.69, 9.17) is 0 Å². The van der Waals surface area contributed by atoms with E-state index >= 15 is 0 Å². The van der Waals surface area contributed by atoms with Gasteiger partial charge in [0.25, 0.3) is 0 Å². The van der Waals surface area contributed by atoms with Gasteiger partial charge in [0, 0.05) is 6.54 Å². The van der Waals surface area contributed by atoms with Crippen molar-refractivity contribution in [2.24, 2.45) is 0 Å².